The molecule has 0 spiro atoms. The zero-order valence-electron chi connectivity index (χ0n) is 33.9. The van der Waals surface area contributed by atoms with Crippen molar-refractivity contribution in [2.45, 2.75) is 52.1 Å². The third-order valence-electron chi connectivity index (χ3n) is 11.8. The van der Waals surface area contributed by atoms with Crippen LogP contribution in [-0.4, -0.2) is 104 Å². The van der Waals surface area contributed by atoms with Gasteiger partial charge in [0.15, 0.2) is 0 Å². The third kappa shape index (κ3) is 8.92. The molecule has 3 atom stereocenters. The van der Waals surface area contributed by atoms with E-state index in [0.29, 0.717) is 68.3 Å². The molecule has 18 heteroatoms. The molecular formula is C43H48N10O8. The van der Waals surface area contributed by atoms with Crippen molar-refractivity contribution in [3.05, 3.63) is 99.4 Å². The van der Waals surface area contributed by atoms with Crippen LogP contribution in [0.4, 0.5) is 11.4 Å². The van der Waals surface area contributed by atoms with E-state index in [0.717, 1.165) is 46.6 Å². The van der Waals surface area contributed by atoms with Gasteiger partial charge in [-0.3, -0.25) is 24.5 Å². The Bertz CT molecular complexity index is 2430. The number of aromatic nitrogens is 6. The number of hydrogen-bond acceptors (Lipinski definition) is 12. The van der Waals surface area contributed by atoms with Crippen LogP contribution >= 0.6 is 0 Å². The van der Waals surface area contributed by atoms with Gasteiger partial charge in [0.2, 0.25) is 11.8 Å². The Hall–Kier alpha value is -6.37. The Balaban J connectivity index is 0.822. The molecule has 8 rings (SSSR count). The van der Waals surface area contributed by atoms with Gasteiger partial charge in [0.1, 0.15) is 11.4 Å². The summed E-state index contributed by atoms with van der Waals surface area (Å²) >= 11 is 0. The molecule has 1 fully saturated rings. The quantitative estimate of drug-likeness (QED) is 0.0737. The van der Waals surface area contributed by atoms with Crippen molar-refractivity contribution in [2.24, 2.45) is 17.8 Å². The Kier molecular flexibility index (Phi) is 12.5. The van der Waals surface area contributed by atoms with Crippen molar-refractivity contribution in [3.63, 3.8) is 0 Å². The highest BCUT2D eigenvalue weighted by molar-refractivity contribution is 6.00. The molecule has 3 aliphatic rings. The normalized spacial score (nSPS) is 17.5. The SMILES string of the molecule is CC(=O)NCCC(=O)N1Cc2ccccc2-c2c(nnn2CCOCCOCCNC(=O)c2ccc(-n3nnc4c3CC[C@@H]3[C@H](CO)[C@@H]3CC4)c([N+](=O)[O-])c2)-c2ccccc21. The number of aliphatic hydroxyl groups is 1. The van der Waals surface area contributed by atoms with Crippen molar-refractivity contribution >= 4 is 29.1 Å². The zero-order valence-corrected chi connectivity index (χ0v) is 33.9. The number of nitro benzene ring substituents is 1. The van der Waals surface area contributed by atoms with Crippen molar-refractivity contribution in [3.8, 4) is 28.2 Å². The second kappa shape index (κ2) is 18.5. The van der Waals surface area contributed by atoms with Crippen LogP contribution in [-0.2, 0) is 45.0 Å². The van der Waals surface area contributed by atoms with E-state index >= 15 is 0 Å². The van der Waals surface area contributed by atoms with Crippen LogP contribution < -0.4 is 15.5 Å². The Morgan fingerprint density at radius 3 is 2.41 bits per heavy atom. The van der Waals surface area contributed by atoms with Gasteiger partial charge in [-0.1, -0.05) is 52.9 Å². The first kappa shape index (κ1) is 41.4. The van der Waals surface area contributed by atoms with Crippen LogP contribution in [0.3, 0.4) is 0 Å². The highest BCUT2D eigenvalue weighted by atomic mass is 16.6. The summed E-state index contributed by atoms with van der Waals surface area (Å²) in [6.07, 6.45) is 3.30. The average molecular weight is 833 g/mol. The lowest BCUT2D eigenvalue weighted by atomic mass is 9.95. The highest BCUT2D eigenvalue weighted by Crippen LogP contribution is 2.52. The third-order valence-corrected chi connectivity index (χ3v) is 11.8. The van der Waals surface area contributed by atoms with E-state index in [2.05, 4.69) is 31.3 Å². The van der Waals surface area contributed by atoms with Gasteiger partial charge in [0.05, 0.1) is 67.2 Å². The summed E-state index contributed by atoms with van der Waals surface area (Å²) in [5, 5.41) is 45.0. The smallest absolute Gasteiger partial charge is 0.295 e. The molecule has 0 bridgehead atoms. The number of nitrogens with one attached hydrogen (secondary N) is 2. The summed E-state index contributed by atoms with van der Waals surface area (Å²) in [6.45, 7) is 3.87. The minimum Gasteiger partial charge on any atom is -0.396 e. The van der Waals surface area contributed by atoms with Gasteiger partial charge in [0.25, 0.3) is 11.6 Å². The van der Waals surface area contributed by atoms with E-state index in [4.69, 9.17) is 9.47 Å². The molecule has 2 aliphatic carbocycles. The monoisotopic (exact) mass is 832 g/mol. The lowest BCUT2D eigenvalue weighted by Gasteiger charge is -2.28. The lowest BCUT2D eigenvalue weighted by Crippen LogP contribution is -2.34. The predicted molar refractivity (Wildman–Crippen MR) is 222 cm³/mol. The number of benzene rings is 3. The van der Waals surface area contributed by atoms with E-state index in [9.17, 15) is 29.6 Å². The second-order valence-electron chi connectivity index (χ2n) is 15.5. The maximum atomic E-state index is 13.5. The van der Waals surface area contributed by atoms with E-state index in [-0.39, 0.29) is 68.1 Å². The fourth-order valence-electron chi connectivity index (χ4n) is 8.71. The summed E-state index contributed by atoms with van der Waals surface area (Å²) in [4.78, 5) is 51.3. The largest absolute Gasteiger partial charge is 0.396 e. The summed E-state index contributed by atoms with van der Waals surface area (Å²) in [6, 6.07) is 19.8. The van der Waals surface area contributed by atoms with E-state index in [1.807, 2.05) is 53.2 Å². The molecule has 3 amide bonds. The number of hydrogen-bond donors (Lipinski definition) is 3. The van der Waals surface area contributed by atoms with Gasteiger partial charge >= 0.3 is 0 Å². The number of carbonyl (C=O) groups excluding carboxylic acids is 3. The number of ether oxygens (including phenoxy) is 2. The average Bonchev–Trinajstić information content (AvgIpc) is 3.51. The fourth-order valence-corrected chi connectivity index (χ4v) is 8.71. The summed E-state index contributed by atoms with van der Waals surface area (Å²) in [5.74, 6) is 0.492. The molecule has 1 saturated carbocycles. The fraction of sp³-hybridized carbons (Fsp3) is 0.419. The summed E-state index contributed by atoms with van der Waals surface area (Å²) < 4.78 is 14.9. The van der Waals surface area contributed by atoms with Crippen LogP contribution in [0.2, 0.25) is 0 Å². The van der Waals surface area contributed by atoms with Crippen LogP contribution in [0.1, 0.15) is 53.5 Å². The van der Waals surface area contributed by atoms with Crippen molar-refractivity contribution in [1.82, 2.24) is 40.6 Å². The molecule has 5 aromatic rings. The van der Waals surface area contributed by atoms with Crippen LogP contribution in [0, 0.1) is 27.9 Å². The van der Waals surface area contributed by atoms with E-state index in [1.54, 1.807) is 11.0 Å². The predicted octanol–water partition coefficient (Wildman–Crippen LogP) is 3.67. The summed E-state index contributed by atoms with van der Waals surface area (Å²) in [5.41, 5.74) is 6.60. The molecule has 1 aliphatic heterocycles. The van der Waals surface area contributed by atoms with Crippen LogP contribution in [0.25, 0.3) is 28.2 Å². The van der Waals surface area contributed by atoms with Crippen molar-refractivity contribution in [1.29, 1.82) is 0 Å². The molecule has 3 N–H and O–H groups in total. The van der Waals surface area contributed by atoms with Gasteiger partial charge in [0, 0.05) is 55.8 Å². The summed E-state index contributed by atoms with van der Waals surface area (Å²) in [7, 11) is 0. The molecule has 18 nitrogen and oxygen atoms in total. The topological polar surface area (TPSA) is 222 Å². The molecule has 3 aromatic carbocycles. The Morgan fingerprint density at radius 2 is 1.62 bits per heavy atom. The number of aliphatic hydroxyl groups excluding tert-OH is 1. The molecule has 0 saturated heterocycles. The number of rotatable bonds is 16. The number of nitrogens with zero attached hydrogens (tertiary/aromatic N) is 8. The maximum Gasteiger partial charge on any atom is 0.295 e. The standard InChI is InChI=1S/C43H48N10O8/c1-27(55)44-17-16-40(56)50-25-29-6-2-3-7-30(29)42-41(33-8-4-5-9-36(33)50)47-48-51(42)19-21-61-23-22-60-20-18-45-43(57)28-10-14-38(39(24-28)53(58)59)52-37-15-12-32-31(34(32)26-54)11-13-35(37)46-49-52/h2-10,14,24,31-32,34,54H,11-13,15-23,25-26H2,1H3,(H,44,55)(H,45,57)/t31-,32+,34-/m1/s1. The van der Waals surface area contributed by atoms with Crippen LogP contribution in [0.15, 0.2) is 66.7 Å². The number of anilines is 1. The lowest BCUT2D eigenvalue weighted by molar-refractivity contribution is -0.384. The molecule has 0 unspecified atom stereocenters. The van der Waals surface area contributed by atoms with Crippen molar-refractivity contribution in [2.75, 3.05) is 51.0 Å². The van der Waals surface area contributed by atoms with E-state index in [1.165, 1.54) is 23.7 Å². The first-order valence-electron chi connectivity index (χ1n) is 20.7. The molecule has 61 heavy (non-hydrogen) atoms. The van der Waals surface area contributed by atoms with Gasteiger partial charge in [-0.25, -0.2) is 9.36 Å². The first-order chi connectivity index (χ1) is 29.7. The van der Waals surface area contributed by atoms with Gasteiger partial charge in [-0.2, -0.15) is 0 Å². The van der Waals surface area contributed by atoms with Crippen molar-refractivity contribution < 1.29 is 33.9 Å². The molecule has 0 radical (unpaired) electrons. The number of para-hydroxylation sites is 1. The number of fused-ring (bicyclic) bond motifs is 7. The van der Waals surface area contributed by atoms with Crippen LogP contribution in [0.5, 0.6) is 0 Å². The van der Waals surface area contributed by atoms with E-state index < -0.39 is 10.8 Å². The molecular weight excluding hydrogens is 785 g/mol. The molecule has 3 heterocycles. The first-order valence-corrected chi connectivity index (χ1v) is 20.7. The minimum absolute atomic E-state index is 0.121. The Labute approximate surface area is 351 Å². The van der Waals surface area contributed by atoms with Gasteiger partial charge in [-0.15, -0.1) is 10.2 Å². The maximum absolute atomic E-state index is 13.5. The number of amides is 3. The minimum atomic E-state index is -0.513. The van der Waals surface area contributed by atoms with Gasteiger partial charge < -0.3 is 30.1 Å². The highest BCUT2D eigenvalue weighted by Gasteiger charge is 2.49. The molecule has 318 valence electrons. The number of nitro groups is 1. The number of aryl methyl sites for hydroxylation is 1. The molecule has 2 aromatic heterocycles. The van der Waals surface area contributed by atoms with Gasteiger partial charge in [-0.05, 0) is 67.2 Å². The number of carbonyl (C=O) groups is 3. The zero-order chi connectivity index (χ0) is 42.5. The Morgan fingerprint density at radius 1 is 0.869 bits per heavy atom. The second-order valence-corrected chi connectivity index (χ2v) is 15.5.